The molecule has 8 heteroatoms. The third kappa shape index (κ3) is 10.4. The summed E-state index contributed by atoms with van der Waals surface area (Å²) in [6.45, 7) is 6.29. The second-order valence-electron chi connectivity index (χ2n) is 6.16. The number of aryl methyl sites for hydroxylation is 2. The summed E-state index contributed by atoms with van der Waals surface area (Å²) in [5.41, 5.74) is 3.97. The van der Waals surface area contributed by atoms with Crippen molar-refractivity contribution in [1.29, 1.82) is 0 Å². The van der Waals surface area contributed by atoms with E-state index in [9.17, 15) is 5.21 Å². The molecule has 0 radical (unpaired) electrons. The third-order valence-electron chi connectivity index (χ3n) is 3.88. The second kappa shape index (κ2) is 14.5. The quantitative estimate of drug-likeness (QED) is 0.224. The first-order valence-electron chi connectivity index (χ1n) is 8.92. The van der Waals surface area contributed by atoms with Crippen molar-refractivity contribution in [3.8, 4) is 0 Å². The molecule has 2 aromatic carbocycles. The van der Waals surface area contributed by atoms with Gasteiger partial charge in [-0.15, -0.1) is 0 Å². The molecular formula is C20H27Cl3N2O2Zr+. The molecule has 0 saturated carbocycles. The van der Waals surface area contributed by atoms with Crippen LogP contribution >= 0.6 is 25.5 Å². The Hall–Kier alpha value is -0.417. The van der Waals surface area contributed by atoms with Crippen LogP contribution < -0.4 is 0 Å². The van der Waals surface area contributed by atoms with Gasteiger partial charge in [-0.25, -0.2) is 10.1 Å². The number of hydrogen-bond acceptors (Lipinski definition) is 2. The van der Waals surface area contributed by atoms with Crippen LogP contribution in [0.1, 0.15) is 29.5 Å². The number of ether oxygens (including phenoxy) is 1. The van der Waals surface area contributed by atoms with Crippen molar-refractivity contribution in [3.05, 3.63) is 65.2 Å². The van der Waals surface area contributed by atoms with Crippen molar-refractivity contribution < 1.29 is 28.1 Å². The van der Waals surface area contributed by atoms with E-state index in [2.05, 4.69) is 9.73 Å². The van der Waals surface area contributed by atoms with E-state index in [1.807, 2.05) is 62.4 Å². The zero-order valence-electron chi connectivity index (χ0n) is 16.4. The van der Waals surface area contributed by atoms with Crippen molar-refractivity contribution in [1.82, 2.24) is 5.06 Å². The van der Waals surface area contributed by atoms with E-state index in [1.165, 1.54) is 12.8 Å². The zero-order chi connectivity index (χ0) is 20.9. The first kappa shape index (κ1) is 25.6. The molecule has 2 aromatic rings. The van der Waals surface area contributed by atoms with Gasteiger partial charge < -0.3 is 4.74 Å². The van der Waals surface area contributed by atoms with Crippen LogP contribution in [0.25, 0.3) is 0 Å². The fraction of sp³-hybridized carbons (Fsp3) is 0.350. The molecule has 0 bridgehead atoms. The third-order valence-corrected chi connectivity index (χ3v) is 3.88. The SMILES string of the molecule is C1CC[OH+]C1.Cc1cccc(C)c1N=C(c1ccccc1)N(C)O.[Cl][Zr]([Cl])[Cl]. The van der Waals surface area contributed by atoms with Crippen molar-refractivity contribution in [3.63, 3.8) is 0 Å². The summed E-state index contributed by atoms with van der Waals surface area (Å²) in [7, 11) is 16.6. The van der Waals surface area contributed by atoms with E-state index in [0.29, 0.717) is 5.84 Å². The normalized spacial score (nSPS) is 13.0. The van der Waals surface area contributed by atoms with Gasteiger partial charge in [0.15, 0.2) is 5.84 Å². The summed E-state index contributed by atoms with van der Waals surface area (Å²) in [4.78, 5) is 4.62. The molecule has 1 fully saturated rings. The van der Waals surface area contributed by atoms with Gasteiger partial charge >= 0.3 is 43.7 Å². The maximum atomic E-state index is 9.81. The zero-order valence-corrected chi connectivity index (χ0v) is 21.1. The van der Waals surface area contributed by atoms with E-state index >= 15 is 0 Å². The standard InChI is InChI=1S/C16H18N2O.C4H8O.3ClH.Zr/c1-12-8-7-9-13(2)15(12)17-16(18(3)19)14-10-5-4-6-11-14;1-2-4-5-3-1;;;;/h4-11,19H,1-3H3;1-4H2;3*1H;/q;;;;;+3/p-2. The summed E-state index contributed by atoms with van der Waals surface area (Å²) in [5.74, 6) is 0.540. The molecule has 2 N–H and O–H groups in total. The van der Waals surface area contributed by atoms with Crippen LogP contribution in [0.4, 0.5) is 5.69 Å². The van der Waals surface area contributed by atoms with Gasteiger partial charge in [0, 0.05) is 25.5 Å². The molecule has 0 spiro atoms. The van der Waals surface area contributed by atoms with Gasteiger partial charge in [0.25, 0.3) is 0 Å². The number of rotatable bonds is 2. The Kier molecular flexibility index (Phi) is 13.3. The number of para-hydroxylation sites is 1. The molecule has 0 unspecified atom stereocenters. The minimum absolute atomic E-state index is 0.540. The van der Waals surface area contributed by atoms with Crippen LogP contribution in [0, 0.1) is 13.8 Å². The fourth-order valence-corrected chi connectivity index (χ4v) is 2.56. The topological polar surface area (TPSA) is 48.6 Å². The van der Waals surface area contributed by atoms with Crippen LogP contribution in [0.2, 0.25) is 0 Å². The Labute approximate surface area is 186 Å². The van der Waals surface area contributed by atoms with Crippen molar-refractivity contribution in [2.75, 3.05) is 20.3 Å². The molecule has 0 atom stereocenters. The van der Waals surface area contributed by atoms with Crippen LogP contribution in [0.5, 0.6) is 0 Å². The first-order valence-corrected chi connectivity index (χ1v) is 18.4. The number of hydrogen-bond donors (Lipinski definition) is 1. The fourth-order valence-electron chi connectivity index (χ4n) is 2.56. The van der Waals surface area contributed by atoms with Crippen LogP contribution in [-0.4, -0.2) is 41.1 Å². The monoisotopic (exact) mass is 522 g/mol. The van der Waals surface area contributed by atoms with E-state index in [-0.39, 0.29) is 0 Å². The molecule has 1 aliphatic heterocycles. The molecule has 0 aromatic heterocycles. The number of aliphatic hydroxyl groups is 2. The Bertz CT molecular complexity index is 694. The summed E-state index contributed by atoms with van der Waals surface area (Å²) < 4.78 is 4.08. The molecule has 1 aliphatic rings. The summed E-state index contributed by atoms with van der Waals surface area (Å²) >= 11 is -2.13. The van der Waals surface area contributed by atoms with Gasteiger partial charge in [0.1, 0.15) is 13.2 Å². The van der Waals surface area contributed by atoms with Gasteiger partial charge in [-0.2, -0.15) is 0 Å². The average Bonchev–Trinajstić information content (AvgIpc) is 3.21. The number of hydroxylamine groups is 2. The molecule has 153 valence electrons. The molecule has 0 amide bonds. The summed E-state index contributed by atoms with van der Waals surface area (Å²) in [6.07, 6.45) is 2.67. The van der Waals surface area contributed by atoms with E-state index in [4.69, 9.17) is 25.5 Å². The number of aliphatic imine (C=N–C) groups is 1. The van der Waals surface area contributed by atoms with Gasteiger partial charge in [0.05, 0.1) is 5.69 Å². The van der Waals surface area contributed by atoms with Crippen molar-refractivity contribution >= 4 is 37.1 Å². The van der Waals surface area contributed by atoms with E-state index in [0.717, 1.165) is 40.7 Å². The number of amidine groups is 1. The molecule has 3 rings (SSSR count). The minimum atomic E-state index is -2.13. The van der Waals surface area contributed by atoms with Crippen molar-refractivity contribution in [2.24, 2.45) is 4.99 Å². The van der Waals surface area contributed by atoms with E-state index < -0.39 is 18.2 Å². The number of halogens is 3. The summed E-state index contributed by atoms with van der Waals surface area (Å²) in [5, 5.41) is 10.9. The average molecular weight is 525 g/mol. The van der Waals surface area contributed by atoms with Gasteiger partial charge in [-0.1, -0.05) is 48.5 Å². The van der Waals surface area contributed by atoms with Gasteiger partial charge in [0.2, 0.25) is 0 Å². The Morgan fingerprint density at radius 3 is 1.86 bits per heavy atom. The number of nitrogens with zero attached hydrogens (tertiary/aromatic N) is 2. The molecule has 1 heterocycles. The van der Waals surface area contributed by atoms with Crippen LogP contribution in [0.15, 0.2) is 53.5 Å². The molecule has 28 heavy (non-hydrogen) atoms. The van der Waals surface area contributed by atoms with Crippen molar-refractivity contribution in [2.45, 2.75) is 26.7 Å². The van der Waals surface area contributed by atoms with E-state index in [1.54, 1.807) is 7.05 Å². The van der Waals surface area contributed by atoms with Gasteiger partial charge in [-0.05, 0) is 25.0 Å². The second-order valence-corrected chi connectivity index (χ2v) is 17.4. The number of benzene rings is 2. The maximum absolute atomic E-state index is 9.81. The Balaban J connectivity index is 0.000000359. The Morgan fingerprint density at radius 1 is 0.964 bits per heavy atom. The van der Waals surface area contributed by atoms with Crippen LogP contribution in [-0.2, 0) is 18.2 Å². The van der Waals surface area contributed by atoms with Gasteiger partial charge in [-0.3, -0.25) is 5.21 Å². The summed E-state index contributed by atoms with van der Waals surface area (Å²) in [6, 6.07) is 15.7. The molecular weight excluding hydrogens is 498 g/mol. The predicted molar refractivity (Wildman–Crippen MR) is 117 cm³/mol. The Morgan fingerprint density at radius 2 is 1.46 bits per heavy atom. The van der Waals surface area contributed by atoms with Crippen LogP contribution in [0.3, 0.4) is 0 Å². The molecule has 1 saturated heterocycles. The first-order chi connectivity index (χ1) is 13.3. The molecule has 4 nitrogen and oxygen atoms in total. The molecule has 0 aliphatic carbocycles. The predicted octanol–water partition coefficient (Wildman–Crippen LogP) is 6.08.